The van der Waals surface area contributed by atoms with Crippen LogP contribution in [0.3, 0.4) is 0 Å². The summed E-state index contributed by atoms with van der Waals surface area (Å²) in [7, 11) is 0. The molecule has 94 valence electrons. The number of nitrogens with two attached hydrogens (primary N) is 1. The van der Waals surface area contributed by atoms with Gasteiger partial charge in [-0.2, -0.15) is 0 Å². The molecule has 1 atom stereocenters. The van der Waals surface area contributed by atoms with Gasteiger partial charge in [0.2, 0.25) is 0 Å². The van der Waals surface area contributed by atoms with Gasteiger partial charge in [0, 0.05) is 21.7 Å². The summed E-state index contributed by atoms with van der Waals surface area (Å²) in [6.07, 6.45) is 0. The summed E-state index contributed by atoms with van der Waals surface area (Å²) in [4.78, 5) is 0. The summed E-state index contributed by atoms with van der Waals surface area (Å²) >= 11 is 9.43. The molecule has 0 saturated heterocycles. The van der Waals surface area contributed by atoms with Gasteiger partial charge in [-0.25, -0.2) is 0 Å². The molecule has 4 heteroatoms. The molecule has 0 saturated carbocycles. The van der Waals surface area contributed by atoms with Crippen LogP contribution in [-0.4, -0.2) is 6.54 Å². The van der Waals surface area contributed by atoms with Crippen molar-refractivity contribution in [3.05, 3.63) is 63.6 Å². The van der Waals surface area contributed by atoms with Crippen molar-refractivity contribution in [2.24, 2.45) is 5.73 Å². The zero-order valence-electron chi connectivity index (χ0n) is 9.74. The molecular weight excluding hydrogens is 312 g/mol. The first-order valence-electron chi connectivity index (χ1n) is 5.66. The van der Waals surface area contributed by atoms with Crippen molar-refractivity contribution >= 4 is 33.2 Å². The highest BCUT2D eigenvalue weighted by Gasteiger charge is 2.09. The Labute approximate surface area is 120 Å². The molecule has 18 heavy (non-hydrogen) atoms. The molecule has 0 radical (unpaired) electrons. The third-order valence-corrected chi connectivity index (χ3v) is 3.38. The third kappa shape index (κ3) is 3.48. The number of hydrogen-bond acceptors (Lipinski definition) is 2. The van der Waals surface area contributed by atoms with E-state index in [4.69, 9.17) is 17.3 Å². The van der Waals surface area contributed by atoms with Crippen LogP contribution in [0, 0.1) is 0 Å². The van der Waals surface area contributed by atoms with Crippen molar-refractivity contribution in [2.75, 3.05) is 11.9 Å². The van der Waals surface area contributed by atoms with E-state index in [1.165, 1.54) is 0 Å². The van der Waals surface area contributed by atoms with E-state index in [2.05, 4.69) is 33.4 Å². The maximum Gasteiger partial charge on any atom is 0.0636 e. The average Bonchev–Trinajstić information content (AvgIpc) is 2.36. The zero-order chi connectivity index (χ0) is 13.0. The summed E-state index contributed by atoms with van der Waals surface area (Å²) in [6, 6.07) is 15.8. The van der Waals surface area contributed by atoms with E-state index in [1.54, 1.807) is 0 Å². The highest BCUT2D eigenvalue weighted by Crippen LogP contribution is 2.23. The minimum Gasteiger partial charge on any atom is -0.377 e. The molecule has 0 amide bonds. The maximum atomic E-state index is 5.96. The van der Waals surface area contributed by atoms with Crippen LogP contribution in [0.5, 0.6) is 0 Å². The molecule has 0 spiro atoms. The molecule has 2 nitrogen and oxygen atoms in total. The van der Waals surface area contributed by atoms with E-state index < -0.39 is 0 Å². The van der Waals surface area contributed by atoms with Crippen LogP contribution >= 0.6 is 27.5 Å². The minimum atomic E-state index is 0.0703. The number of hydrogen-bond donors (Lipinski definition) is 2. The van der Waals surface area contributed by atoms with Crippen LogP contribution in [0.15, 0.2) is 53.0 Å². The van der Waals surface area contributed by atoms with E-state index in [-0.39, 0.29) is 6.04 Å². The van der Waals surface area contributed by atoms with Crippen molar-refractivity contribution in [3.63, 3.8) is 0 Å². The Balaban J connectivity index is 2.19. The number of benzene rings is 2. The van der Waals surface area contributed by atoms with Crippen LogP contribution in [0.4, 0.5) is 5.69 Å². The predicted octanol–water partition coefficient (Wildman–Crippen LogP) is 4.21. The molecular formula is C14H14BrClN2. The molecule has 1 unspecified atom stereocenters. The molecule has 0 fully saturated rings. The Hall–Kier alpha value is -1.03. The van der Waals surface area contributed by atoms with Gasteiger partial charge in [0.15, 0.2) is 0 Å². The minimum absolute atomic E-state index is 0.0703. The molecule has 2 aromatic rings. The quantitative estimate of drug-likeness (QED) is 0.883. The Bertz CT molecular complexity index is 531. The van der Waals surface area contributed by atoms with E-state index in [9.17, 15) is 0 Å². The number of rotatable bonds is 4. The third-order valence-electron chi connectivity index (χ3n) is 2.65. The normalized spacial score (nSPS) is 12.2. The van der Waals surface area contributed by atoms with Crippen molar-refractivity contribution in [1.29, 1.82) is 0 Å². The van der Waals surface area contributed by atoms with E-state index in [1.807, 2.05) is 36.4 Å². The zero-order valence-corrected chi connectivity index (χ0v) is 12.1. The average molecular weight is 326 g/mol. The molecule has 2 aromatic carbocycles. The first-order chi connectivity index (χ1) is 8.69. The van der Waals surface area contributed by atoms with Crippen LogP contribution in [-0.2, 0) is 0 Å². The van der Waals surface area contributed by atoms with Crippen molar-refractivity contribution in [1.82, 2.24) is 0 Å². The van der Waals surface area contributed by atoms with E-state index in [0.717, 1.165) is 15.7 Å². The first kappa shape index (κ1) is 13.4. The van der Waals surface area contributed by atoms with Crippen molar-refractivity contribution in [3.8, 4) is 0 Å². The van der Waals surface area contributed by atoms with Gasteiger partial charge >= 0.3 is 0 Å². The number of nitrogens with one attached hydrogen (secondary N) is 1. The molecule has 0 aromatic heterocycles. The topological polar surface area (TPSA) is 38.0 Å². The smallest absolute Gasteiger partial charge is 0.0636 e. The lowest BCUT2D eigenvalue weighted by atomic mass is 10.1. The molecule has 2 rings (SSSR count). The summed E-state index contributed by atoms with van der Waals surface area (Å²) in [5, 5.41) is 4.10. The summed E-state index contributed by atoms with van der Waals surface area (Å²) < 4.78 is 1.05. The fourth-order valence-electron chi connectivity index (χ4n) is 1.78. The second-order valence-corrected chi connectivity index (χ2v) is 5.35. The lowest BCUT2D eigenvalue weighted by Crippen LogP contribution is -2.20. The summed E-state index contributed by atoms with van der Waals surface area (Å²) in [5.41, 5.74) is 7.95. The van der Waals surface area contributed by atoms with Gasteiger partial charge in [-0.1, -0.05) is 45.7 Å². The van der Waals surface area contributed by atoms with Gasteiger partial charge in [0.25, 0.3) is 0 Å². The molecule has 0 aliphatic rings. The van der Waals surface area contributed by atoms with Gasteiger partial charge in [-0.15, -0.1) is 0 Å². The molecule has 0 aliphatic carbocycles. The van der Waals surface area contributed by atoms with Crippen LogP contribution in [0.25, 0.3) is 0 Å². The standard InChI is InChI=1S/C14H14BrClN2/c15-11-4-1-3-10(7-11)14(9-17)18-13-6-2-5-12(16)8-13/h1-8,14,18H,9,17H2. The largest absolute Gasteiger partial charge is 0.377 e. The molecule has 3 N–H and O–H groups in total. The fourth-order valence-corrected chi connectivity index (χ4v) is 2.39. The first-order valence-corrected chi connectivity index (χ1v) is 6.84. The highest BCUT2D eigenvalue weighted by atomic mass is 79.9. The van der Waals surface area contributed by atoms with E-state index >= 15 is 0 Å². The van der Waals surface area contributed by atoms with Crippen LogP contribution < -0.4 is 11.1 Å². The number of anilines is 1. The SMILES string of the molecule is NCC(Nc1cccc(Cl)c1)c1cccc(Br)c1. The van der Waals surface area contributed by atoms with Crippen LogP contribution in [0.2, 0.25) is 5.02 Å². The lowest BCUT2D eigenvalue weighted by molar-refractivity contribution is 0.789. The Morgan fingerprint density at radius 3 is 2.61 bits per heavy atom. The lowest BCUT2D eigenvalue weighted by Gasteiger charge is -2.19. The van der Waals surface area contributed by atoms with Crippen molar-refractivity contribution < 1.29 is 0 Å². The highest BCUT2D eigenvalue weighted by molar-refractivity contribution is 9.10. The predicted molar refractivity (Wildman–Crippen MR) is 81.0 cm³/mol. The molecule has 0 aliphatic heterocycles. The summed E-state index contributed by atoms with van der Waals surface area (Å²) in [6.45, 7) is 0.517. The van der Waals surface area contributed by atoms with Gasteiger partial charge in [-0.3, -0.25) is 0 Å². The molecule has 0 bridgehead atoms. The van der Waals surface area contributed by atoms with Crippen LogP contribution in [0.1, 0.15) is 11.6 Å². The van der Waals surface area contributed by atoms with Crippen molar-refractivity contribution in [2.45, 2.75) is 6.04 Å². The number of halogens is 2. The van der Waals surface area contributed by atoms with Gasteiger partial charge in [-0.05, 0) is 35.9 Å². The molecule has 0 heterocycles. The second-order valence-electron chi connectivity index (χ2n) is 4.00. The maximum absolute atomic E-state index is 5.96. The van der Waals surface area contributed by atoms with Gasteiger partial charge in [0.05, 0.1) is 6.04 Å². The monoisotopic (exact) mass is 324 g/mol. The Morgan fingerprint density at radius 1 is 1.17 bits per heavy atom. The summed E-state index contributed by atoms with van der Waals surface area (Å²) in [5.74, 6) is 0. The Morgan fingerprint density at radius 2 is 1.94 bits per heavy atom. The fraction of sp³-hybridized carbons (Fsp3) is 0.143. The Kier molecular flexibility index (Phi) is 4.64. The van der Waals surface area contributed by atoms with Gasteiger partial charge < -0.3 is 11.1 Å². The van der Waals surface area contributed by atoms with E-state index in [0.29, 0.717) is 11.6 Å². The van der Waals surface area contributed by atoms with Gasteiger partial charge in [0.1, 0.15) is 0 Å². The second kappa shape index (κ2) is 6.23.